The van der Waals surface area contributed by atoms with E-state index in [1.807, 2.05) is 13.8 Å². The number of carbonyl (C=O) groups excluding carboxylic acids is 1. The molecule has 0 aliphatic carbocycles. The summed E-state index contributed by atoms with van der Waals surface area (Å²) in [7, 11) is 0. The minimum absolute atomic E-state index is 0.315. The van der Waals surface area contributed by atoms with Crippen LogP contribution in [0.2, 0.25) is 0 Å². The molecule has 0 aliphatic rings. The van der Waals surface area contributed by atoms with E-state index in [2.05, 4.69) is 0 Å². The Labute approximate surface area is 86.1 Å². The minimum Gasteiger partial charge on any atom is -0.430 e. The van der Waals surface area contributed by atoms with Gasteiger partial charge in [0.1, 0.15) is 0 Å². The quantitative estimate of drug-likeness (QED) is 0.389. The fourth-order valence-electron chi connectivity index (χ4n) is 0.903. The van der Waals surface area contributed by atoms with Crippen LogP contribution in [0.15, 0.2) is 11.6 Å². The molecule has 0 aliphatic heterocycles. The van der Waals surface area contributed by atoms with Gasteiger partial charge in [0.05, 0.1) is 0 Å². The van der Waals surface area contributed by atoms with E-state index in [1.54, 1.807) is 26.8 Å². The van der Waals surface area contributed by atoms with Crippen molar-refractivity contribution in [3.05, 3.63) is 11.6 Å². The molecule has 82 valence electrons. The highest BCUT2D eigenvalue weighted by atomic mass is 16.7. The summed E-state index contributed by atoms with van der Waals surface area (Å²) in [5.41, 5.74) is 0.601. The molecule has 0 spiro atoms. The van der Waals surface area contributed by atoms with Gasteiger partial charge in [0.25, 0.3) is 0 Å². The molecule has 1 atom stereocenters. The van der Waals surface area contributed by atoms with Crippen molar-refractivity contribution in [3.8, 4) is 0 Å². The van der Waals surface area contributed by atoms with Crippen molar-refractivity contribution in [1.82, 2.24) is 0 Å². The molecule has 0 saturated carbocycles. The van der Waals surface area contributed by atoms with Crippen LogP contribution in [0.25, 0.3) is 0 Å². The first-order valence-corrected chi connectivity index (χ1v) is 4.99. The molecular formula is C11H20O3. The number of allylic oxidation sites excluding steroid dienone is 1. The molecule has 0 aromatic rings. The van der Waals surface area contributed by atoms with E-state index in [0.717, 1.165) is 0 Å². The van der Waals surface area contributed by atoms with Crippen molar-refractivity contribution >= 4 is 5.97 Å². The fourth-order valence-corrected chi connectivity index (χ4v) is 0.903. The first kappa shape index (κ1) is 13.2. The van der Waals surface area contributed by atoms with Gasteiger partial charge >= 0.3 is 5.97 Å². The van der Waals surface area contributed by atoms with Crippen LogP contribution in [0.1, 0.15) is 41.0 Å². The molecule has 0 aromatic heterocycles. The highest BCUT2D eigenvalue weighted by Gasteiger charge is 2.27. The second-order valence-corrected chi connectivity index (χ2v) is 3.28. The highest BCUT2D eigenvalue weighted by Crippen LogP contribution is 2.18. The van der Waals surface area contributed by atoms with Crippen LogP contribution >= 0.6 is 0 Å². The summed E-state index contributed by atoms with van der Waals surface area (Å²) in [6.45, 7) is 9.65. The van der Waals surface area contributed by atoms with Crippen LogP contribution in [0.5, 0.6) is 0 Å². The molecule has 0 heterocycles. The molecule has 0 aromatic carbocycles. The summed E-state index contributed by atoms with van der Waals surface area (Å²) in [4.78, 5) is 11.5. The predicted octanol–water partition coefficient (Wildman–Crippen LogP) is 2.66. The van der Waals surface area contributed by atoms with Crippen molar-refractivity contribution in [2.24, 2.45) is 0 Å². The van der Waals surface area contributed by atoms with Gasteiger partial charge in [-0.3, -0.25) is 0 Å². The average Bonchev–Trinajstić information content (AvgIpc) is 2.16. The van der Waals surface area contributed by atoms with E-state index in [1.165, 1.54) is 0 Å². The number of hydrogen-bond acceptors (Lipinski definition) is 3. The fraction of sp³-hybridized carbons (Fsp3) is 0.727. The van der Waals surface area contributed by atoms with Gasteiger partial charge in [0.2, 0.25) is 5.79 Å². The normalized spacial score (nSPS) is 16.2. The summed E-state index contributed by atoms with van der Waals surface area (Å²) in [6.07, 6.45) is 2.37. The lowest BCUT2D eigenvalue weighted by Crippen LogP contribution is -2.34. The number of esters is 1. The zero-order valence-electron chi connectivity index (χ0n) is 9.72. The van der Waals surface area contributed by atoms with E-state index in [9.17, 15) is 4.79 Å². The lowest BCUT2D eigenvalue weighted by atomic mass is 10.2. The number of hydrogen-bond donors (Lipinski definition) is 0. The van der Waals surface area contributed by atoms with Crippen LogP contribution in [0.4, 0.5) is 0 Å². The Hall–Kier alpha value is -0.830. The van der Waals surface area contributed by atoms with E-state index in [0.29, 0.717) is 18.6 Å². The third-order valence-corrected chi connectivity index (χ3v) is 2.16. The van der Waals surface area contributed by atoms with Crippen LogP contribution in [-0.2, 0) is 14.3 Å². The Morgan fingerprint density at radius 2 is 2.00 bits per heavy atom. The van der Waals surface area contributed by atoms with Crippen molar-refractivity contribution in [2.75, 3.05) is 6.61 Å². The first-order chi connectivity index (χ1) is 6.49. The molecule has 14 heavy (non-hydrogen) atoms. The maximum absolute atomic E-state index is 11.5. The van der Waals surface area contributed by atoms with Crippen LogP contribution in [-0.4, -0.2) is 18.4 Å². The maximum Gasteiger partial charge on any atom is 0.335 e. The van der Waals surface area contributed by atoms with Gasteiger partial charge in [-0.25, -0.2) is 4.79 Å². The number of ether oxygens (including phenoxy) is 2. The van der Waals surface area contributed by atoms with Crippen molar-refractivity contribution in [3.63, 3.8) is 0 Å². The van der Waals surface area contributed by atoms with Crippen molar-refractivity contribution in [2.45, 2.75) is 46.8 Å². The molecule has 3 nitrogen and oxygen atoms in total. The van der Waals surface area contributed by atoms with Crippen molar-refractivity contribution < 1.29 is 14.3 Å². The van der Waals surface area contributed by atoms with Gasteiger partial charge in [0.15, 0.2) is 0 Å². The molecule has 0 fully saturated rings. The van der Waals surface area contributed by atoms with Crippen LogP contribution < -0.4 is 0 Å². The Morgan fingerprint density at radius 1 is 1.43 bits per heavy atom. The Morgan fingerprint density at radius 3 is 2.36 bits per heavy atom. The summed E-state index contributed by atoms with van der Waals surface area (Å²) in [5.74, 6) is -1.11. The summed E-state index contributed by atoms with van der Waals surface area (Å²) >= 11 is 0. The maximum atomic E-state index is 11.5. The Balaban J connectivity index is 4.38. The first-order valence-electron chi connectivity index (χ1n) is 4.99. The molecule has 0 amide bonds. The van der Waals surface area contributed by atoms with E-state index < -0.39 is 5.79 Å². The van der Waals surface area contributed by atoms with Gasteiger partial charge < -0.3 is 9.47 Å². The molecule has 1 unspecified atom stereocenters. The molecule has 0 rings (SSSR count). The average molecular weight is 200 g/mol. The predicted molar refractivity (Wildman–Crippen MR) is 55.8 cm³/mol. The van der Waals surface area contributed by atoms with Crippen LogP contribution in [0, 0.1) is 0 Å². The molecule has 0 radical (unpaired) electrons. The van der Waals surface area contributed by atoms with Crippen LogP contribution in [0.3, 0.4) is 0 Å². The summed E-state index contributed by atoms with van der Waals surface area (Å²) < 4.78 is 10.6. The standard InChI is InChI=1S/C11H20O3/c1-6-9(4)10(12)14-11(5,7-2)13-8-3/h6H,7-8H2,1-5H3. The van der Waals surface area contributed by atoms with Crippen molar-refractivity contribution in [1.29, 1.82) is 0 Å². The third-order valence-electron chi connectivity index (χ3n) is 2.16. The number of carbonyl (C=O) groups is 1. The minimum atomic E-state index is -0.796. The van der Waals surface area contributed by atoms with Gasteiger partial charge in [-0.15, -0.1) is 0 Å². The second-order valence-electron chi connectivity index (χ2n) is 3.28. The van der Waals surface area contributed by atoms with Gasteiger partial charge in [0, 0.05) is 25.5 Å². The zero-order chi connectivity index (χ0) is 11.2. The topological polar surface area (TPSA) is 35.5 Å². The number of rotatable bonds is 5. The summed E-state index contributed by atoms with van der Waals surface area (Å²) in [5, 5.41) is 0. The van der Waals surface area contributed by atoms with Gasteiger partial charge in [-0.1, -0.05) is 13.0 Å². The van der Waals surface area contributed by atoms with E-state index >= 15 is 0 Å². The van der Waals surface area contributed by atoms with Gasteiger partial charge in [-0.05, 0) is 20.8 Å². The zero-order valence-corrected chi connectivity index (χ0v) is 9.72. The SMILES string of the molecule is CC=C(C)C(=O)OC(C)(CC)OCC. The van der Waals surface area contributed by atoms with E-state index in [4.69, 9.17) is 9.47 Å². The monoisotopic (exact) mass is 200 g/mol. The largest absolute Gasteiger partial charge is 0.430 e. The highest BCUT2D eigenvalue weighted by molar-refractivity contribution is 5.87. The molecule has 0 N–H and O–H groups in total. The molecule has 0 saturated heterocycles. The molecule has 0 bridgehead atoms. The molecule has 3 heteroatoms. The van der Waals surface area contributed by atoms with E-state index in [-0.39, 0.29) is 5.97 Å². The third kappa shape index (κ3) is 3.92. The summed E-state index contributed by atoms with van der Waals surface area (Å²) in [6, 6.07) is 0. The Kier molecular flexibility index (Phi) is 5.46. The second kappa shape index (κ2) is 5.81. The molecular weight excluding hydrogens is 180 g/mol. The van der Waals surface area contributed by atoms with Gasteiger partial charge in [-0.2, -0.15) is 0 Å². The lowest BCUT2D eigenvalue weighted by Gasteiger charge is -2.27. The lowest BCUT2D eigenvalue weighted by molar-refractivity contribution is -0.219. The Bertz CT molecular complexity index is 221. The smallest absolute Gasteiger partial charge is 0.335 e.